The van der Waals surface area contributed by atoms with Gasteiger partial charge in [0.2, 0.25) is 0 Å². The van der Waals surface area contributed by atoms with Crippen LogP contribution in [0.15, 0.2) is 16.5 Å². The summed E-state index contributed by atoms with van der Waals surface area (Å²) in [5, 5.41) is 9.02. The zero-order chi connectivity index (χ0) is 11.4. The average molecular weight is 232 g/mol. The number of carbonyl (C=O) groups excluding carboxylic acids is 1. The van der Waals surface area contributed by atoms with Gasteiger partial charge in [-0.2, -0.15) is 0 Å². The van der Waals surface area contributed by atoms with Gasteiger partial charge in [-0.25, -0.2) is 0 Å². The van der Waals surface area contributed by atoms with Gasteiger partial charge in [0.1, 0.15) is 0 Å². The van der Waals surface area contributed by atoms with Crippen LogP contribution in [-0.2, 0) is 0 Å². The maximum absolute atomic E-state index is 11.9. The lowest BCUT2D eigenvalue weighted by Crippen LogP contribution is -2.38. The van der Waals surface area contributed by atoms with Gasteiger partial charge in [-0.1, -0.05) is 0 Å². The van der Waals surface area contributed by atoms with Crippen LogP contribution in [0, 0.1) is 0 Å². The molecule has 0 spiro atoms. The largest absolute Gasteiger partial charge is 0.440 e. The summed E-state index contributed by atoms with van der Waals surface area (Å²) in [6.07, 6.45) is 0. The first-order valence-electron chi connectivity index (χ1n) is 4.73. The quantitative estimate of drug-likeness (QED) is 0.860. The van der Waals surface area contributed by atoms with E-state index in [1.54, 1.807) is 0 Å². The van der Waals surface area contributed by atoms with E-state index in [9.17, 15) is 4.79 Å². The van der Waals surface area contributed by atoms with Gasteiger partial charge in [0.15, 0.2) is 11.0 Å². The molecular formula is C10H14ClNO3. The summed E-state index contributed by atoms with van der Waals surface area (Å²) in [6, 6.07) is 3.05. The molecule has 0 atom stereocenters. The minimum absolute atomic E-state index is 0.00789. The Morgan fingerprint density at radius 3 is 2.67 bits per heavy atom. The average Bonchev–Trinajstić information content (AvgIpc) is 2.59. The molecule has 1 rings (SSSR count). The third-order valence-electron chi connectivity index (χ3n) is 2.01. The molecule has 84 valence electrons. The van der Waals surface area contributed by atoms with Gasteiger partial charge >= 0.3 is 0 Å². The second-order valence-electron chi connectivity index (χ2n) is 3.42. The van der Waals surface area contributed by atoms with E-state index < -0.39 is 0 Å². The lowest BCUT2D eigenvalue weighted by atomic mass is 10.3. The standard InChI is InChI=1S/C10H14ClNO3/c1-7(2)12(5-6-13)10(14)8-3-4-9(11)15-8/h3-4,7,13H,5-6H2,1-2H3. The van der Waals surface area contributed by atoms with E-state index in [-0.39, 0.29) is 36.1 Å². The third-order valence-corrected chi connectivity index (χ3v) is 2.21. The summed E-state index contributed by atoms with van der Waals surface area (Å²) >= 11 is 5.58. The molecule has 1 amide bonds. The number of aliphatic hydroxyl groups excluding tert-OH is 1. The van der Waals surface area contributed by atoms with E-state index in [2.05, 4.69) is 0 Å². The fourth-order valence-electron chi connectivity index (χ4n) is 1.27. The van der Waals surface area contributed by atoms with Crippen LogP contribution in [0.25, 0.3) is 0 Å². The van der Waals surface area contributed by atoms with Crippen LogP contribution in [0.3, 0.4) is 0 Å². The molecule has 0 aromatic carbocycles. The van der Waals surface area contributed by atoms with Crippen LogP contribution in [0.1, 0.15) is 24.4 Å². The number of rotatable bonds is 4. The number of carbonyl (C=O) groups is 1. The second-order valence-corrected chi connectivity index (χ2v) is 3.79. The van der Waals surface area contributed by atoms with Crippen molar-refractivity contribution in [3.63, 3.8) is 0 Å². The summed E-state index contributed by atoms with van der Waals surface area (Å²) in [6.45, 7) is 3.96. The lowest BCUT2D eigenvalue weighted by Gasteiger charge is -2.24. The van der Waals surface area contributed by atoms with Gasteiger partial charge in [-0.3, -0.25) is 4.79 Å². The molecular weight excluding hydrogens is 218 g/mol. The van der Waals surface area contributed by atoms with Gasteiger partial charge in [-0.05, 0) is 37.6 Å². The van der Waals surface area contributed by atoms with Gasteiger partial charge in [-0.15, -0.1) is 0 Å². The maximum atomic E-state index is 11.9. The first-order valence-corrected chi connectivity index (χ1v) is 5.11. The summed E-state index contributed by atoms with van der Waals surface area (Å²) in [5.41, 5.74) is 0. The Labute approximate surface area is 93.4 Å². The van der Waals surface area contributed by atoms with Gasteiger partial charge in [0.25, 0.3) is 5.91 Å². The molecule has 4 nitrogen and oxygen atoms in total. The number of furan rings is 1. The predicted octanol–water partition coefficient (Wildman–Crippen LogP) is 1.78. The van der Waals surface area contributed by atoms with E-state index in [1.165, 1.54) is 17.0 Å². The van der Waals surface area contributed by atoms with Crippen molar-refractivity contribution in [2.75, 3.05) is 13.2 Å². The van der Waals surface area contributed by atoms with Crippen LogP contribution in [0.5, 0.6) is 0 Å². The molecule has 15 heavy (non-hydrogen) atoms. The highest BCUT2D eigenvalue weighted by Crippen LogP contribution is 2.16. The molecule has 0 aliphatic rings. The zero-order valence-electron chi connectivity index (χ0n) is 8.74. The molecule has 0 saturated heterocycles. The minimum Gasteiger partial charge on any atom is -0.440 e. The Kier molecular flexibility index (Phi) is 4.17. The van der Waals surface area contributed by atoms with Crippen molar-refractivity contribution in [3.05, 3.63) is 23.1 Å². The fourth-order valence-corrected chi connectivity index (χ4v) is 1.42. The molecule has 1 aromatic rings. The van der Waals surface area contributed by atoms with E-state index >= 15 is 0 Å². The van der Waals surface area contributed by atoms with Crippen molar-refractivity contribution in [1.29, 1.82) is 0 Å². The number of halogens is 1. The Morgan fingerprint density at radius 1 is 1.60 bits per heavy atom. The fraction of sp³-hybridized carbons (Fsp3) is 0.500. The highest BCUT2D eigenvalue weighted by Gasteiger charge is 2.20. The smallest absolute Gasteiger partial charge is 0.289 e. The summed E-state index contributed by atoms with van der Waals surface area (Å²) in [7, 11) is 0. The van der Waals surface area contributed by atoms with Crippen molar-refractivity contribution in [2.24, 2.45) is 0 Å². The molecule has 0 aliphatic carbocycles. The zero-order valence-corrected chi connectivity index (χ0v) is 9.49. The molecule has 1 aromatic heterocycles. The number of amides is 1. The number of aliphatic hydroxyl groups is 1. The van der Waals surface area contributed by atoms with Crippen LogP contribution in [0.4, 0.5) is 0 Å². The third kappa shape index (κ3) is 2.97. The molecule has 0 bridgehead atoms. The molecule has 1 N–H and O–H groups in total. The second kappa shape index (κ2) is 5.19. The minimum atomic E-state index is -0.258. The highest BCUT2D eigenvalue weighted by atomic mass is 35.5. The van der Waals surface area contributed by atoms with Crippen LogP contribution in [0.2, 0.25) is 5.22 Å². The normalized spacial score (nSPS) is 10.7. The van der Waals surface area contributed by atoms with E-state index in [1.807, 2.05) is 13.8 Å². The van der Waals surface area contributed by atoms with E-state index in [4.69, 9.17) is 21.1 Å². The van der Waals surface area contributed by atoms with Gasteiger partial charge in [0.05, 0.1) is 6.61 Å². The van der Waals surface area contributed by atoms with E-state index in [0.29, 0.717) is 0 Å². The topological polar surface area (TPSA) is 53.7 Å². The first kappa shape index (κ1) is 12.1. The Balaban J connectivity index is 2.80. The summed E-state index contributed by atoms with van der Waals surface area (Å²) in [4.78, 5) is 13.4. The molecule has 0 unspecified atom stereocenters. The lowest BCUT2D eigenvalue weighted by molar-refractivity contribution is 0.0633. The first-order chi connectivity index (χ1) is 7.06. The molecule has 0 radical (unpaired) electrons. The molecule has 0 aliphatic heterocycles. The van der Waals surface area contributed by atoms with Gasteiger partial charge < -0.3 is 14.4 Å². The van der Waals surface area contributed by atoms with Crippen LogP contribution in [-0.4, -0.2) is 35.1 Å². The molecule has 1 heterocycles. The van der Waals surface area contributed by atoms with Crippen molar-refractivity contribution < 1.29 is 14.3 Å². The summed E-state index contributed by atoms with van der Waals surface area (Å²) < 4.78 is 5.02. The van der Waals surface area contributed by atoms with Crippen molar-refractivity contribution in [2.45, 2.75) is 19.9 Å². The van der Waals surface area contributed by atoms with Crippen LogP contribution >= 0.6 is 11.6 Å². The van der Waals surface area contributed by atoms with Crippen molar-refractivity contribution >= 4 is 17.5 Å². The monoisotopic (exact) mass is 231 g/mol. The number of hydrogen-bond donors (Lipinski definition) is 1. The highest BCUT2D eigenvalue weighted by molar-refractivity contribution is 6.29. The molecule has 5 heteroatoms. The predicted molar refractivity (Wildman–Crippen MR) is 57.0 cm³/mol. The number of hydrogen-bond acceptors (Lipinski definition) is 3. The van der Waals surface area contributed by atoms with Crippen LogP contribution < -0.4 is 0 Å². The number of nitrogens with zero attached hydrogens (tertiary/aromatic N) is 1. The van der Waals surface area contributed by atoms with Crippen molar-refractivity contribution in [3.8, 4) is 0 Å². The Morgan fingerprint density at radius 2 is 2.27 bits per heavy atom. The Bertz CT molecular complexity index is 335. The SMILES string of the molecule is CC(C)N(CCO)C(=O)c1ccc(Cl)o1. The van der Waals surface area contributed by atoms with E-state index in [0.717, 1.165) is 0 Å². The maximum Gasteiger partial charge on any atom is 0.289 e. The Hall–Kier alpha value is -1.00. The molecule has 0 fully saturated rings. The summed E-state index contributed by atoms with van der Waals surface area (Å²) in [5.74, 6) is -0.0619. The van der Waals surface area contributed by atoms with Gasteiger partial charge in [0, 0.05) is 12.6 Å². The van der Waals surface area contributed by atoms with Crippen molar-refractivity contribution in [1.82, 2.24) is 4.90 Å². The molecule has 0 saturated carbocycles.